The minimum absolute atomic E-state index is 0.345. The number of halogens is 1. The summed E-state index contributed by atoms with van der Waals surface area (Å²) in [5, 5.41) is 4.37. The molecule has 1 aliphatic rings. The Morgan fingerprint density at radius 1 is 1.09 bits per heavy atom. The van der Waals surface area contributed by atoms with Crippen molar-refractivity contribution in [3.05, 3.63) is 40.6 Å². The maximum absolute atomic E-state index is 6.13. The quantitative estimate of drug-likeness (QED) is 0.769. The van der Waals surface area contributed by atoms with Crippen LogP contribution in [0.25, 0.3) is 5.69 Å². The molecule has 2 aromatic rings. The number of hydrogen-bond acceptors (Lipinski definition) is 3. The largest absolute Gasteiger partial charge is 0.494 e. The summed E-state index contributed by atoms with van der Waals surface area (Å²) in [5.41, 5.74) is 2.39. The topological polar surface area (TPSA) is 36.3 Å². The normalized spacial score (nSPS) is 19.6. The number of rotatable bonds is 2. The van der Waals surface area contributed by atoms with E-state index in [0.29, 0.717) is 0 Å². The Labute approximate surface area is 140 Å². The summed E-state index contributed by atoms with van der Waals surface area (Å²) in [4.78, 5) is 0. The fourth-order valence-corrected chi connectivity index (χ4v) is 2.90. The lowest BCUT2D eigenvalue weighted by molar-refractivity contribution is 0.00578. The molecule has 6 heteroatoms. The second-order valence-electron chi connectivity index (χ2n) is 6.79. The van der Waals surface area contributed by atoms with E-state index in [9.17, 15) is 0 Å². The van der Waals surface area contributed by atoms with Gasteiger partial charge in [0.05, 0.1) is 23.1 Å². The first-order chi connectivity index (χ1) is 10.2. The highest BCUT2D eigenvalue weighted by atomic mass is 79.9. The van der Waals surface area contributed by atoms with Crippen LogP contribution in [0.1, 0.15) is 33.3 Å². The average Bonchev–Trinajstić information content (AvgIpc) is 2.91. The van der Waals surface area contributed by atoms with E-state index in [-0.39, 0.29) is 18.3 Å². The average molecular weight is 363 g/mol. The zero-order valence-corrected chi connectivity index (χ0v) is 15.1. The Hall–Kier alpha value is -1.11. The van der Waals surface area contributed by atoms with Crippen LogP contribution in [0.2, 0.25) is 0 Å². The van der Waals surface area contributed by atoms with Crippen LogP contribution in [0.15, 0.2) is 35.1 Å². The van der Waals surface area contributed by atoms with Crippen LogP contribution in [0.5, 0.6) is 0 Å². The summed E-state index contributed by atoms with van der Waals surface area (Å²) in [7, 11) is -0.377. The minimum Gasteiger partial charge on any atom is -0.399 e. The fraction of sp³-hybridized carbons (Fsp3) is 0.438. The van der Waals surface area contributed by atoms with Crippen LogP contribution in [-0.2, 0) is 9.31 Å². The summed E-state index contributed by atoms with van der Waals surface area (Å²) < 4.78 is 15.1. The van der Waals surface area contributed by atoms with Crippen molar-refractivity contribution in [2.24, 2.45) is 0 Å². The molecule has 0 unspecified atom stereocenters. The molecule has 0 aliphatic carbocycles. The lowest BCUT2D eigenvalue weighted by atomic mass is 9.79. The lowest BCUT2D eigenvalue weighted by Gasteiger charge is -2.32. The zero-order valence-electron chi connectivity index (χ0n) is 13.6. The first-order valence-electron chi connectivity index (χ1n) is 7.36. The van der Waals surface area contributed by atoms with Gasteiger partial charge in [-0.1, -0.05) is 15.9 Å². The Morgan fingerprint density at radius 2 is 1.73 bits per heavy atom. The second-order valence-corrected chi connectivity index (χ2v) is 7.71. The van der Waals surface area contributed by atoms with Gasteiger partial charge in [0.25, 0.3) is 0 Å². The molecule has 116 valence electrons. The van der Waals surface area contributed by atoms with Gasteiger partial charge in [-0.2, -0.15) is 5.10 Å². The van der Waals surface area contributed by atoms with Crippen LogP contribution < -0.4 is 5.46 Å². The third-order valence-corrected chi connectivity index (χ3v) is 4.86. The van der Waals surface area contributed by atoms with Crippen molar-refractivity contribution in [2.45, 2.75) is 45.8 Å². The first-order valence-corrected chi connectivity index (χ1v) is 8.15. The number of aryl methyl sites for hydroxylation is 1. The van der Waals surface area contributed by atoms with E-state index in [1.807, 2.05) is 36.1 Å². The number of nitrogens with zero attached hydrogens (tertiary/aromatic N) is 2. The molecule has 1 aliphatic heterocycles. The van der Waals surface area contributed by atoms with E-state index in [1.54, 1.807) is 0 Å². The van der Waals surface area contributed by atoms with Gasteiger partial charge in [0, 0.05) is 10.7 Å². The Morgan fingerprint density at radius 3 is 2.27 bits per heavy atom. The van der Waals surface area contributed by atoms with Gasteiger partial charge in [-0.05, 0) is 63.8 Å². The highest BCUT2D eigenvalue weighted by molar-refractivity contribution is 9.10. The van der Waals surface area contributed by atoms with E-state index in [4.69, 9.17) is 9.31 Å². The molecule has 1 fully saturated rings. The Bertz CT molecular complexity index is 696. The monoisotopic (exact) mass is 362 g/mol. The standard InChI is InChI=1S/C16H20BBrN2O2/c1-11-9-19-20(10-11)14-7-12(6-13(18)8-14)17-21-15(2,3)16(4,5)22-17/h6-10H,1-5H3. The Balaban J connectivity index is 1.98. The molecule has 1 saturated heterocycles. The van der Waals surface area contributed by atoms with Crippen LogP contribution in [-0.4, -0.2) is 28.1 Å². The molecule has 2 heterocycles. The van der Waals surface area contributed by atoms with Crippen LogP contribution in [0.4, 0.5) is 0 Å². The predicted molar refractivity (Wildman–Crippen MR) is 91.7 cm³/mol. The third-order valence-electron chi connectivity index (χ3n) is 4.41. The first kappa shape index (κ1) is 15.8. The van der Waals surface area contributed by atoms with Crippen molar-refractivity contribution in [1.82, 2.24) is 9.78 Å². The summed E-state index contributed by atoms with van der Waals surface area (Å²) in [6.45, 7) is 10.3. The van der Waals surface area contributed by atoms with Gasteiger partial charge < -0.3 is 9.31 Å². The molecule has 0 N–H and O–H groups in total. The van der Waals surface area contributed by atoms with Crippen molar-refractivity contribution >= 4 is 28.5 Å². The maximum atomic E-state index is 6.13. The maximum Gasteiger partial charge on any atom is 0.494 e. The van der Waals surface area contributed by atoms with Crippen LogP contribution in [0.3, 0.4) is 0 Å². The minimum atomic E-state index is -0.377. The van der Waals surface area contributed by atoms with Crippen molar-refractivity contribution in [1.29, 1.82) is 0 Å². The molecule has 0 radical (unpaired) electrons. The molecule has 0 spiro atoms. The van der Waals surface area contributed by atoms with E-state index >= 15 is 0 Å². The molecular weight excluding hydrogens is 343 g/mol. The van der Waals surface area contributed by atoms with E-state index < -0.39 is 0 Å². The molecule has 0 bridgehead atoms. The smallest absolute Gasteiger partial charge is 0.399 e. The summed E-state index contributed by atoms with van der Waals surface area (Å²) >= 11 is 3.57. The van der Waals surface area contributed by atoms with E-state index in [1.165, 1.54) is 0 Å². The molecule has 1 aromatic heterocycles. The molecular formula is C16H20BBrN2O2. The molecule has 1 aromatic carbocycles. The molecule has 0 atom stereocenters. The summed E-state index contributed by atoms with van der Waals surface area (Å²) in [6, 6.07) is 6.11. The SMILES string of the molecule is Cc1cnn(-c2cc(Br)cc(B3OC(C)(C)C(C)(C)O3)c2)c1. The molecule has 0 amide bonds. The van der Waals surface area contributed by atoms with E-state index in [0.717, 1.165) is 21.2 Å². The summed E-state index contributed by atoms with van der Waals surface area (Å²) in [5.74, 6) is 0. The van der Waals surface area contributed by atoms with Crippen molar-refractivity contribution in [3.63, 3.8) is 0 Å². The van der Waals surface area contributed by atoms with Gasteiger partial charge in [-0.25, -0.2) is 4.68 Å². The number of hydrogen-bond donors (Lipinski definition) is 0. The molecule has 0 saturated carbocycles. The molecule has 3 rings (SSSR count). The highest BCUT2D eigenvalue weighted by Crippen LogP contribution is 2.36. The zero-order chi connectivity index (χ0) is 16.1. The number of aromatic nitrogens is 2. The van der Waals surface area contributed by atoms with Crippen molar-refractivity contribution in [3.8, 4) is 5.69 Å². The van der Waals surface area contributed by atoms with Gasteiger partial charge in [0.2, 0.25) is 0 Å². The van der Waals surface area contributed by atoms with Gasteiger partial charge in [-0.15, -0.1) is 0 Å². The molecule has 4 nitrogen and oxygen atoms in total. The third kappa shape index (κ3) is 2.75. The lowest BCUT2D eigenvalue weighted by Crippen LogP contribution is -2.41. The predicted octanol–water partition coefficient (Wildman–Crippen LogP) is 3.24. The van der Waals surface area contributed by atoms with Gasteiger partial charge in [0.15, 0.2) is 0 Å². The summed E-state index contributed by atoms with van der Waals surface area (Å²) in [6.07, 6.45) is 3.84. The second kappa shape index (κ2) is 5.22. The number of benzene rings is 1. The van der Waals surface area contributed by atoms with Gasteiger partial charge >= 0.3 is 7.12 Å². The van der Waals surface area contributed by atoms with Gasteiger partial charge in [0.1, 0.15) is 0 Å². The van der Waals surface area contributed by atoms with Crippen molar-refractivity contribution < 1.29 is 9.31 Å². The van der Waals surface area contributed by atoms with Crippen LogP contribution >= 0.6 is 15.9 Å². The van der Waals surface area contributed by atoms with Crippen LogP contribution in [0, 0.1) is 6.92 Å². The highest BCUT2D eigenvalue weighted by Gasteiger charge is 2.51. The van der Waals surface area contributed by atoms with Crippen molar-refractivity contribution in [2.75, 3.05) is 0 Å². The van der Waals surface area contributed by atoms with E-state index in [2.05, 4.69) is 54.8 Å². The van der Waals surface area contributed by atoms with Gasteiger partial charge in [-0.3, -0.25) is 0 Å². The Kier molecular flexibility index (Phi) is 3.74. The fourth-order valence-electron chi connectivity index (χ4n) is 2.40. The molecule has 22 heavy (non-hydrogen) atoms.